The maximum Gasteiger partial charge on any atom is 0.270 e. The summed E-state index contributed by atoms with van der Waals surface area (Å²) in [6.45, 7) is 33.3. The van der Waals surface area contributed by atoms with Crippen molar-refractivity contribution in [1.29, 1.82) is 0 Å². The number of aliphatic hydroxyl groups is 1. The van der Waals surface area contributed by atoms with Gasteiger partial charge in [-0.25, -0.2) is 0 Å². The van der Waals surface area contributed by atoms with Gasteiger partial charge in [0.15, 0.2) is 0 Å². The number of nitro benzene ring substituents is 1. The van der Waals surface area contributed by atoms with Gasteiger partial charge < -0.3 is 19.7 Å². The van der Waals surface area contributed by atoms with E-state index < -0.39 is 16.6 Å². The number of non-ortho nitro benzene ring substituents is 1. The first-order chi connectivity index (χ1) is 24.8. The first kappa shape index (κ1) is 44.5. The van der Waals surface area contributed by atoms with Crippen LogP contribution in [0, 0.1) is 10.1 Å². The minimum absolute atomic E-state index is 0.141. The summed E-state index contributed by atoms with van der Waals surface area (Å²) in [4.78, 5) is 16.0. The smallest absolute Gasteiger partial charge is 0.270 e. The lowest BCUT2D eigenvalue weighted by molar-refractivity contribution is -0.384. The van der Waals surface area contributed by atoms with Crippen molar-refractivity contribution in [1.82, 2.24) is 0 Å². The van der Waals surface area contributed by atoms with Crippen LogP contribution in [0.5, 0.6) is 17.2 Å². The van der Waals surface area contributed by atoms with Crippen LogP contribution in [-0.4, -0.2) is 40.6 Å². The molecule has 3 aromatic rings. The molecule has 0 aliphatic carbocycles. The van der Waals surface area contributed by atoms with E-state index in [1.54, 1.807) is 0 Å². The van der Waals surface area contributed by atoms with E-state index in [0.29, 0.717) is 24.3 Å². The SMILES string of the molecule is CCCCOc1c(C(C)(C)C)cc(C(O)(c2cc(C(C)(C)C)c(OCCCC)c(C(C)(C)C)c2)[C@H](C)N=Cc2cc([N+](=O)[O-])ccc2O)cc1C(C)(C)C. The van der Waals surface area contributed by atoms with Crippen molar-refractivity contribution in [2.45, 2.75) is 163 Å². The van der Waals surface area contributed by atoms with Crippen molar-refractivity contribution < 1.29 is 24.6 Å². The second-order valence-corrected chi connectivity index (χ2v) is 18.9. The fourth-order valence-electron chi connectivity index (χ4n) is 6.58. The Kier molecular flexibility index (Phi) is 13.9. The predicted molar refractivity (Wildman–Crippen MR) is 223 cm³/mol. The molecule has 54 heavy (non-hydrogen) atoms. The lowest BCUT2D eigenvalue weighted by Crippen LogP contribution is -2.40. The lowest BCUT2D eigenvalue weighted by Gasteiger charge is -2.39. The molecule has 1 atom stereocenters. The number of aromatic hydroxyl groups is 1. The number of ether oxygens (including phenoxy) is 2. The van der Waals surface area contributed by atoms with E-state index in [-0.39, 0.29) is 38.7 Å². The molecule has 8 heteroatoms. The summed E-state index contributed by atoms with van der Waals surface area (Å²) < 4.78 is 13.2. The predicted octanol–water partition coefficient (Wildman–Crippen LogP) is 11.6. The fourth-order valence-corrected chi connectivity index (χ4v) is 6.58. The molecular formula is C46H68N2O6. The number of unbranched alkanes of at least 4 members (excludes halogenated alkanes) is 2. The number of rotatable bonds is 14. The highest BCUT2D eigenvalue weighted by Crippen LogP contribution is 2.48. The number of aliphatic imine (C=N–C) groups is 1. The number of nitro groups is 1. The molecule has 0 aliphatic rings. The quantitative estimate of drug-likeness (QED) is 0.0735. The molecule has 3 rings (SSSR count). The van der Waals surface area contributed by atoms with Crippen LogP contribution in [0.15, 0.2) is 47.5 Å². The molecule has 0 aliphatic heterocycles. The standard InChI is InChI=1S/C46H68N2O6/c1-16-18-22-53-40-35(42(4,5)6)25-32(26-36(40)43(7,8)9)46(50,30(3)47-29-31-24-34(48(51)52)20-21-39(31)49)33-27-37(44(10,11)12)41(54-23-19-17-2)38(28-33)45(13,14)15/h20-21,24-30,49-50H,16-19,22-23H2,1-15H3/t30-/m0/s1. The maximum atomic E-state index is 13.7. The van der Waals surface area contributed by atoms with Crippen molar-refractivity contribution in [3.8, 4) is 17.2 Å². The van der Waals surface area contributed by atoms with Gasteiger partial charge in [0, 0.05) is 46.2 Å². The summed E-state index contributed by atoms with van der Waals surface area (Å²) in [5.74, 6) is 1.55. The van der Waals surface area contributed by atoms with Crippen molar-refractivity contribution in [2.24, 2.45) is 4.99 Å². The Morgan fingerprint density at radius 1 is 0.704 bits per heavy atom. The summed E-state index contributed by atoms with van der Waals surface area (Å²) in [6, 6.07) is 11.3. The van der Waals surface area contributed by atoms with Crippen LogP contribution >= 0.6 is 0 Å². The molecule has 0 radical (unpaired) electrons. The van der Waals surface area contributed by atoms with Crippen LogP contribution < -0.4 is 9.47 Å². The van der Waals surface area contributed by atoms with Crippen LogP contribution in [0.4, 0.5) is 5.69 Å². The average Bonchev–Trinajstić information content (AvgIpc) is 3.05. The van der Waals surface area contributed by atoms with E-state index in [1.807, 2.05) is 6.92 Å². The van der Waals surface area contributed by atoms with Gasteiger partial charge in [0.1, 0.15) is 22.8 Å². The molecule has 0 fully saturated rings. The van der Waals surface area contributed by atoms with Crippen LogP contribution in [-0.2, 0) is 27.3 Å². The molecule has 0 heterocycles. The highest BCUT2D eigenvalue weighted by Gasteiger charge is 2.43. The van der Waals surface area contributed by atoms with Crippen molar-refractivity contribution in [3.63, 3.8) is 0 Å². The molecule has 0 saturated carbocycles. The average molecular weight is 745 g/mol. The van der Waals surface area contributed by atoms with Crippen LogP contribution in [0.2, 0.25) is 0 Å². The zero-order valence-electron chi connectivity index (χ0n) is 35.9. The second-order valence-electron chi connectivity index (χ2n) is 18.9. The third-order valence-corrected chi connectivity index (χ3v) is 10.0. The van der Waals surface area contributed by atoms with E-state index in [0.717, 1.165) is 59.4 Å². The second kappa shape index (κ2) is 16.8. The van der Waals surface area contributed by atoms with E-state index in [4.69, 9.17) is 14.5 Å². The first-order valence-corrected chi connectivity index (χ1v) is 19.7. The van der Waals surface area contributed by atoms with Crippen LogP contribution in [0.25, 0.3) is 0 Å². The summed E-state index contributed by atoms with van der Waals surface area (Å²) in [5.41, 5.74) is 2.20. The minimum Gasteiger partial charge on any atom is -0.507 e. The summed E-state index contributed by atoms with van der Waals surface area (Å²) >= 11 is 0. The molecule has 2 N–H and O–H groups in total. The van der Waals surface area contributed by atoms with Gasteiger partial charge in [-0.3, -0.25) is 15.1 Å². The minimum atomic E-state index is -1.71. The van der Waals surface area contributed by atoms with Crippen molar-refractivity contribution in [3.05, 3.63) is 91.5 Å². The third-order valence-electron chi connectivity index (χ3n) is 10.0. The Morgan fingerprint density at radius 3 is 1.39 bits per heavy atom. The van der Waals surface area contributed by atoms with Crippen molar-refractivity contribution in [2.75, 3.05) is 13.2 Å². The third kappa shape index (κ3) is 10.2. The zero-order valence-corrected chi connectivity index (χ0v) is 35.9. The number of nitrogens with zero attached hydrogens (tertiary/aromatic N) is 2. The largest absolute Gasteiger partial charge is 0.507 e. The number of phenols is 1. The highest BCUT2D eigenvalue weighted by molar-refractivity contribution is 5.84. The van der Waals surface area contributed by atoms with Crippen LogP contribution in [0.1, 0.15) is 168 Å². The van der Waals surface area contributed by atoms with E-state index >= 15 is 0 Å². The number of phenolic OH excluding ortho intramolecular Hbond substituents is 1. The molecule has 0 aromatic heterocycles. The lowest BCUT2D eigenvalue weighted by atomic mass is 9.71. The van der Waals surface area contributed by atoms with E-state index in [2.05, 4.69) is 121 Å². The Balaban J connectivity index is 2.57. The number of hydrogen-bond donors (Lipinski definition) is 2. The van der Waals surface area contributed by atoms with Crippen LogP contribution in [0.3, 0.4) is 0 Å². The molecule has 0 saturated heterocycles. The van der Waals surface area contributed by atoms with E-state index in [1.165, 1.54) is 24.4 Å². The number of benzene rings is 3. The molecule has 298 valence electrons. The molecule has 3 aromatic carbocycles. The molecule has 0 amide bonds. The Bertz CT molecular complexity index is 1640. The van der Waals surface area contributed by atoms with Gasteiger partial charge in [-0.15, -0.1) is 0 Å². The summed E-state index contributed by atoms with van der Waals surface area (Å²) in [6.07, 6.45) is 5.29. The van der Waals surface area contributed by atoms with Gasteiger partial charge in [-0.2, -0.15) is 0 Å². The van der Waals surface area contributed by atoms with Gasteiger partial charge in [-0.1, -0.05) is 110 Å². The Hall–Kier alpha value is -3.91. The van der Waals surface area contributed by atoms with E-state index in [9.17, 15) is 20.3 Å². The topological polar surface area (TPSA) is 114 Å². The van der Waals surface area contributed by atoms with Gasteiger partial charge in [-0.05, 0) is 82.9 Å². The molecule has 0 unspecified atom stereocenters. The van der Waals surface area contributed by atoms with Gasteiger partial charge >= 0.3 is 0 Å². The number of hydrogen-bond acceptors (Lipinski definition) is 7. The molecular weight excluding hydrogens is 677 g/mol. The van der Waals surface area contributed by atoms with Crippen molar-refractivity contribution >= 4 is 11.9 Å². The fraction of sp³-hybridized carbons (Fsp3) is 0.587. The molecule has 0 bridgehead atoms. The monoisotopic (exact) mass is 745 g/mol. The Morgan fingerprint density at radius 2 is 1.07 bits per heavy atom. The van der Waals surface area contributed by atoms with Gasteiger partial charge in [0.05, 0.1) is 24.2 Å². The first-order valence-electron chi connectivity index (χ1n) is 19.7. The summed E-state index contributed by atoms with van der Waals surface area (Å²) in [5, 5.41) is 36.0. The maximum absolute atomic E-state index is 13.7. The molecule has 8 nitrogen and oxygen atoms in total. The molecule has 0 spiro atoms. The van der Waals surface area contributed by atoms with Gasteiger partial charge in [0.25, 0.3) is 5.69 Å². The zero-order chi connectivity index (χ0) is 41.0. The highest BCUT2D eigenvalue weighted by atomic mass is 16.6. The van der Waals surface area contributed by atoms with Gasteiger partial charge in [0.2, 0.25) is 0 Å². The Labute approximate surface area is 325 Å². The summed E-state index contributed by atoms with van der Waals surface area (Å²) in [7, 11) is 0. The normalized spacial score (nSPS) is 13.7.